The number of nitrogens with zero attached hydrogens (tertiary/aromatic N) is 1. The molecule has 2 heterocycles. The van der Waals surface area contributed by atoms with Gasteiger partial charge in [0.1, 0.15) is 0 Å². The first kappa shape index (κ1) is 13.7. The zero-order valence-electron chi connectivity index (χ0n) is 11.1. The van der Waals surface area contributed by atoms with E-state index in [0.29, 0.717) is 55.4 Å². The van der Waals surface area contributed by atoms with Gasteiger partial charge in [0.2, 0.25) is 0 Å². The number of anilines is 1. The summed E-state index contributed by atoms with van der Waals surface area (Å²) in [4.78, 5) is 14.3. The molecule has 0 bridgehead atoms. The second kappa shape index (κ2) is 5.24. The normalized spacial score (nSPS) is 21.4. The molecule has 1 aromatic rings. The van der Waals surface area contributed by atoms with Gasteiger partial charge in [0.25, 0.3) is 5.91 Å². The van der Waals surface area contributed by atoms with E-state index in [1.807, 2.05) is 0 Å². The Morgan fingerprint density at radius 1 is 1.25 bits per heavy atom. The number of nitrogen functional groups attached to an aromatic ring is 1. The van der Waals surface area contributed by atoms with E-state index in [-0.39, 0.29) is 5.91 Å². The average molecular weight is 297 g/mol. The third-order valence-corrected chi connectivity index (χ3v) is 4.20. The molecule has 1 spiro atoms. The Kier molecular flexibility index (Phi) is 3.58. The fourth-order valence-electron chi connectivity index (χ4n) is 2.76. The smallest absolute Gasteiger partial charge is 0.257 e. The minimum atomic E-state index is -0.483. The molecule has 108 valence electrons. The van der Waals surface area contributed by atoms with E-state index < -0.39 is 5.79 Å². The van der Waals surface area contributed by atoms with Gasteiger partial charge >= 0.3 is 0 Å². The van der Waals surface area contributed by atoms with Crippen molar-refractivity contribution >= 4 is 23.2 Å². The Labute approximate surface area is 122 Å². The highest BCUT2D eigenvalue weighted by Crippen LogP contribution is 2.33. The van der Waals surface area contributed by atoms with Gasteiger partial charge in [0.15, 0.2) is 5.79 Å². The van der Waals surface area contributed by atoms with Crippen LogP contribution < -0.4 is 5.73 Å². The maximum atomic E-state index is 12.5. The van der Waals surface area contributed by atoms with Gasteiger partial charge in [-0.2, -0.15) is 0 Å². The predicted octanol–water partition coefficient (Wildman–Crippen LogP) is 1.90. The van der Waals surface area contributed by atoms with E-state index >= 15 is 0 Å². The zero-order valence-corrected chi connectivity index (χ0v) is 11.9. The molecule has 0 unspecified atom stereocenters. The molecular formula is C14H17ClN2O3. The first-order chi connectivity index (χ1) is 9.61. The fraction of sp³-hybridized carbons (Fsp3) is 0.500. The van der Waals surface area contributed by atoms with E-state index in [1.165, 1.54) is 0 Å². The largest absolute Gasteiger partial charge is 0.398 e. The summed E-state index contributed by atoms with van der Waals surface area (Å²) in [5, 5.41) is 0.392. The van der Waals surface area contributed by atoms with E-state index in [2.05, 4.69) is 0 Å². The molecule has 1 amide bonds. The predicted molar refractivity (Wildman–Crippen MR) is 75.6 cm³/mol. The van der Waals surface area contributed by atoms with Gasteiger partial charge in [-0.1, -0.05) is 17.7 Å². The van der Waals surface area contributed by atoms with Crippen LogP contribution in [0.2, 0.25) is 5.02 Å². The van der Waals surface area contributed by atoms with E-state index in [4.69, 9.17) is 26.8 Å². The van der Waals surface area contributed by atoms with Crippen LogP contribution in [0.5, 0.6) is 0 Å². The van der Waals surface area contributed by atoms with Gasteiger partial charge in [-0.15, -0.1) is 0 Å². The summed E-state index contributed by atoms with van der Waals surface area (Å²) in [7, 11) is 0. The lowest BCUT2D eigenvalue weighted by Crippen LogP contribution is -2.47. The maximum Gasteiger partial charge on any atom is 0.257 e. The summed E-state index contributed by atoms with van der Waals surface area (Å²) in [6.45, 7) is 2.43. The number of ether oxygens (including phenoxy) is 2. The first-order valence-corrected chi connectivity index (χ1v) is 7.10. The average Bonchev–Trinajstić information content (AvgIpc) is 2.87. The molecule has 2 saturated heterocycles. The molecular weight excluding hydrogens is 280 g/mol. The van der Waals surface area contributed by atoms with Crippen LogP contribution in [-0.2, 0) is 9.47 Å². The number of piperidine rings is 1. The summed E-state index contributed by atoms with van der Waals surface area (Å²) >= 11 is 6.09. The summed E-state index contributed by atoms with van der Waals surface area (Å²) in [6.07, 6.45) is 1.37. The Hall–Kier alpha value is -1.30. The van der Waals surface area contributed by atoms with Crippen LogP contribution in [0.1, 0.15) is 23.2 Å². The molecule has 0 aromatic heterocycles. The van der Waals surface area contributed by atoms with Crippen LogP contribution in [0, 0.1) is 0 Å². The number of hydrogen-bond acceptors (Lipinski definition) is 4. The van der Waals surface area contributed by atoms with E-state index in [0.717, 1.165) is 0 Å². The minimum Gasteiger partial charge on any atom is -0.398 e. The summed E-state index contributed by atoms with van der Waals surface area (Å²) in [5.74, 6) is -0.607. The molecule has 2 N–H and O–H groups in total. The van der Waals surface area contributed by atoms with Crippen LogP contribution in [0.3, 0.4) is 0 Å². The lowest BCUT2D eigenvalue weighted by molar-refractivity contribution is -0.181. The third-order valence-electron chi connectivity index (χ3n) is 3.89. The molecule has 5 nitrogen and oxygen atoms in total. The molecule has 0 aliphatic carbocycles. The minimum absolute atomic E-state index is 0.124. The molecule has 0 radical (unpaired) electrons. The monoisotopic (exact) mass is 296 g/mol. The van der Waals surface area contributed by atoms with Crippen LogP contribution in [0.15, 0.2) is 18.2 Å². The molecule has 2 aliphatic rings. The van der Waals surface area contributed by atoms with Crippen molar-refractivity contribution in [3.8, 4) is 0 Å². The zero-order chi connectivity index (χ0) is 14.2. The number of hydrogen-bond donors (Lipinski definition) is 1. The molecule has 1 aromatic carbocycles. The number of benzene rings is 1. The number of amides is 1. The number of nitrogens with two attached hydrogens (primary N) is 1. The van der Waals surface area contributed by atoms with Gasteiger partial charge in [-0.3, -0.25) is 4.79 Å². The molecule has 3 rings (SSSR count). The standard InChI is InChI=1S/C14H17ClN2O3/c15-10-2-1-3-11(16)12(10)13(18)17-6-4-14(5-7-17)19-8-9-20-14/h1-3H,4-9,16H2. The third kappa shape index (κ3) is 2.37. The lowest BCUT2D eigenvalue weighted by Gasteiger charge is -2.37. The van der Waals surface area contributed by atoms with Gasteiger partial charge in [0, 0.05) is 31.6 Å². The van der Waals surface area contributed by atoms with Crippen molar-refractivity contribution in [2.75, 3.05) is 32.0 Å². The first-order valence-electron chi connectivity index (χ1n) is 6.72. The van der Waals surface area contributed by atoms with Crippen molar-refractivity contribution in [2.24, 2.45) is 0 Å². The van der Waals surface area contributed by atoms with E-state index in [1.54, 1.807) is 23.1 Å². The Balaban J connectivity index is 1.73. The summed E-state index contributed by atoms with van der Waals surface area (Å²) in [5.41, 5.74) is 6.66. The number of likely N-dealkylation sites (tertiary alicyclic amines) is 1. The van der Waals surface area contributed by atoms with Gasteiger partial charge in [-0.05, 0) is 12.1 Å². The molecule has 0 atom stereocenters. The second-order valence-electron chi connectivity index (χ2n) is 5.10. The van der Waals surface area contributed by atoms with Crippen LogP contribution >= 0.6 is 11.6 Å². The highest BCUT2D eigenvalue weighted by Gasteiger charge is 2.41. The SMILES string of the molecule is Nc1cccc(Cl)c1C(=O)N1CCC2(CC1)OCCO2. The molecule has 20 heavy (non-hydrogen) atoms. The summed E-state index contributed by atoms with van der Waals surface area (Å²) < 4.78 is 11.3. The topological polar surface area (TPSA) is 64.8 Å². The Morgan fingerprint density at radius 3 is 2.50 bits per heavy atom. The highest BCUT2D eigenvalue weighted by molar-refractivity contribution is 6.34. The van der Waals surface area contributed by atoms with Gasteiger partial charge in [-0.25, -0.2) is 0 Å². The van der Waals surface area contributed by atoms with Crippen LogP contribution in [0.4, 0.5) is 5.69 Å². The van der Waals surface area contributed by atoms with Crippen molar-refractivity contribution in [1.29, 1.82) is 0 Å². The number of carbonyl (C=O) groups is 1. The second-order valence-corrected chi connectivity index (χ2v) is 5.51. The molecule has 2 aliphatic heterocycles. The quantitative estimate of drug-likeness (QED) is 0.804. The van der Waals surface area contributed by atoms with Crippen LogP contribution in [0.25, 0.3) is 0 Å². The van der Waals surface area contributed by atoms with Crippen LogP contribution in [-0.4, -0.2) is 42.9 Å². The number of rotatable bonds is 1. The molecule has 0 saturated carbocycles. The van der Waals surface area contributed by atoms with Crippen molar-refractivity contribution in [1.82, 2.24) is 4.90 Å². The Bertz CT molecular complexity index is 499. The molecule has 2 fully saturated rings. The van der Waals surface area contributed by atoms with Gasteiger partial charge < -0.3 is 20.1 Å². The van der Waals surface area contributed by atoms with Crippen molar-refractivity contribution in [2.45, 2.75) is 18.6 Å². The van der Waals surface area contributed by atoms with E-state index in [9.17, 15) is 4.79 Å². The van der Waals surface area contributed by atoms with Crippen molar-refractivity contribution in [3.63, 3.8) is 0 Å². The summed E-state index contributed by atoms with van der Waals surface area (Å²) in [6, 6.07) is 5.10. The number of carbonyl (C=O) groups excluding carboxylic acids is 1. The van der Waals surface area contributed by atoms with Crippen molar-refractivity contribution in [3.05, 3.63) is 28.8 Å². The number of halogens is 1. The van der Waals surface area contributed by atoms with Crippen molar-refractivity contribution < 1.29 is 14.3 Å². The lowest BCUT2D eigenvalue weighted by atomic mass is 10.0. The Morgan fingerprint density at radius 2 is 1.90 bits per heavy atom. The van der Waals surface area contributed by atoms with Gasteiger partial charge in [0.05, 0.1) is 23.8 Å². The maximum absolute atomic E-state index is 12.5. The fourth-order valence-corrected chi connectivity index (χ4v) is 3.02. The highest BCUT2D eigenvalue weighted by atomic mass is 35.5. The molecule has 6 heteroatoms.